The first-order valence-electron chi connectivity index (χ1n) is 11.7. The summed E-state index contributed by atoms with van der Waals surface area (Å²) in [4.78, 5) is 63.3. The van der Waals surface area contributed by atoms with Crippen LogP contribution in [-0.2, 0) is 19.7 Å². The average Bonchev–Trinajstić information content (AvgIpc) is 3.14. The third kappa shape index (κ3) is 6.72. The monoisotopic (exact) mass is 584 g/mol. The minimum absolute atomic E-state index is 0. The molecule has 1 N–H and O–H groups in total. The van der Waals surface area contributed by atoms with E-state index in [4.69, 9.17) is 0 Å². The molecule has 0 saturated heterocycles. The molecule has 4 rings (SSSR count). The molecule has 41 heavy (non-hydrogen) atoms. The van der Waals surface area contributed by atoms with E-state index in [1.54, 1.807) is 19.1 Å². The Morgan fingerprint density at radius 1 is 0.927 bits per heavy atom. The summed E-state index contributed by atoms with van der Waals surface area (Å²) in [7, 11) is -4.88. The van der Waals surface area contributed by atoms with E-state index < -0.39 is 50.5 Å². The molecule has 14 heteroatoms. The van der Waals surface area contributed by atoms with Gasteiger partial charge in [0, 0.05) is 11.3 Å². The molecule has 204 valence electrons. The van der Waals surface area contributed by atoms with E-state index in [9.17, 15) is 36.9 Å². The fourth-order valence-corrected chi connectivity index (χ4v) is 4.50. The van der Waals surface area contributed by atoms with Crippen LogP contribution in [0.1, 0.15) is 49.1 Å². The largest absolute Gasteiger partial charge is 1.00 e. The molecule has 3 aromatic rings. The van der Waals surface area contributed by atoms with Gasteiger partial charge in [0.2, 0.25) is 6.04 Å². The third-order valence-electron chi connectivity index (χ3n) is 6.00. The average molecular weight is 585 g/mol. The first-order chi connectivity index (χ1) is 18.8. The number of hydrogen-bond donors (Lipinski definition) is 1. The van der Waals surface area contributed by atoms with Crippen molar-refractivity contribution in [2.45, 2.75) is 31.7 Å². The Bertz CT molecular complexity index is 1750. The summed E-state index contributed by atoms with van der Waals surface area (Å²) < 4.78 is 33.9. The molecule has 0 aliphatic carbocycles. The summed E-state index contributed by atoms with van der Waals surface area (Å²) in [6.07, 6.45) is 0. The number of carbonyl (C=O) groups excluding carboxylic acids is 5. The Morgan fingerprint density at radius 3 is 2.24 bits per heavy atom. The maximum Gasteiger partial charge on any atom is 1.00 e. The van der Waals surface area contributed by atoms with Gasteiger partial charge >= 0.3 is 29.6 Å². The van der Waals surface area contributed by atoms with Crippen LogP contribution in [0.2, 0.25) is 0 Å². The molecule has 0 fully saturated rings. The Morgan fingerprint density at radius 2 is 1.61 bits per heavy atom. The quantitative estimate of drug-likeness (QED) is 0.135. The standard InChI is InChI=1S/C27H22N4O8S.Na/c1-14-7-10-22(15(2)11-14)28-24(33)23(16(3)32)30-29-18-8-9-20-21(13-18)27(36)31(26(20)35)25(34)17-5-4-6-19(12-17)40(37,38)39;/h4-13,23H,1-3H3,(H,28,33)(H,37,38,39);/q;+1/p-1. The van der Waals surface area contributed by atoms with Gasteiger partial charge in [-0.15, -0.1) is 0 Å². The topological polar surface area (TPSA) is 183 Å². The molecule has 0 bridgehead atoms. The summed E-state index contributed by atoms with van der Waals surface area (Å²) >= 11 is 0. The minimum atomic E-state index is -4.88. The van der Waals surface area contributed by atoms with Crippen LogP contribution in [0.15, 0.2) is 75.8 Å². The van der Waals surface area contributed by atoms with Gasteiger partial charge in [-0.2, -0.15) is 10.2 Å². The Balaban J connectivity index is 0.00000462. The molecule has 3 aromatic carbocycles. The van der Waals surface area contributed by atoms with E-state index in [-0.39, 0.29) is 51.9 Å². The fourth-order valence-electron chi connectivity index (χ4n) is 3.99. The first kappa shape index (κ1) is 31.6. The Kier molecular flexibility index (Phi) is 9.51. The molecule has 0 spiro atoms. The van der Waals surface area contributed by atoms with E-state index in [0.29, 0.717) is 10.6 Å². The zero-order valence-corrected chi connectivity index (χ0v) is 25.2. The SMILES string of the molecule is CC(=O)C(N=Nc1ccc2c(c1)C(=O)N(C(=O)c1cccc(S(=O)(=O)[O-])c1)C2=O)C(=O)Nc1ccc(C)cc1C.[Na+]. The van der Waals surface area contributed by atoms with Crippen LogP contribution < -0.4 is 34.9 Å². The van der Waals surface area contributed by atoms with Crippen molar-refractivity contribution in [1.29, 1.82) is 0 Å². The zero-order valence-electron chi connectivity index (χ0n) is 22.4. The van der Waals surface area contributed by atoms with Crippen molar-refractivity contribution in [2.24, 2.45) is 10.2 Å². The smallest absolute Gasteiger partial charge is 0.744 e. The van der Waals surface area contributed by atoms with E-state index in [2.05, 4.69) is 15.5 Å². The first-order valence-corrected chi connectivity index (χ1v) is 13.1. The zero-order chi connectivity index (χ0) is 29.4. The number of benzene rings is 3. The van der Waals surface area contributed by atoms with E-state index in [1.807, 2.05) is 13.0 Å². The summed E-state index contributed by atoms with van der Waals surface area (Å²) in [5.41, 5.74) is 1.63. The number of Topliss-reactive ketones (excluding diaryl/α,β-unsaturated/α-hetero) is 1. The molecular formula is C27H21N4NaO8S. The van der Waals surface area contributed by atoms with Gasteiger partial charge in [0.1, 0.15) is 10.1 Å². The number of fused-ring (bicyclic) bond motifs is 1. The van der Waals surface area contributed by atoms with Gasteiger partial charge in [0.15, 0.2) is 5.78 Å². The van der Waals surface area contributed by atoms with Crippen molar-refractivity contribution < 1.29 is 66.5 Å². The number of imide groups is 3. The molecule has 0 saturated carbocycles. The number of amides is 4. The Hall–Kier alpha value is -3.88. The van der Waals surface area contributed by atoms with Crippen molar-refractivity contribution in [1.82, 2.24) is 4.90 Å². The van der Waals surface area contributed by atoms with Gasteiger partial charge in [-0.1, -0.05) is 23.8 Å². The molecule has 1 aliphatic rings. The predicted molar refractivity (Wildman–Crippen MR) is 139 cm³/mol. The molecule has 1 aliphatic heterocycles. The normalized spacial score (nSPS) is 13.5. The molecule has 0 aromatic heterocycles. The molecule has 1 atom stereocenters. The number of aryl methyl sites for hydroxylation is 2. The van der Waals surface area contributed by atoms with Gasteiger partial charge in [-0.3, -0.25) is 24.0 Å². The van der Waals surface area contributed by atoms with Gasteiger partial charge in [-0.05, 0) is 68.8 Å². The summed E-state index contributed by atoms with van der Waals surface area (Å²) in [5.74, 6) is -4.39. The fraction of sp³-hybridized carbons (Fsp3) is 0.148. The maximum absolute atomic E-state index is 13.0. The van der Waals surface area contributed by atoms with Crippen LogP contribution in [0.4, 0.5) is 11.4 Å². The maximum atomic E-state index is 13.0. The van der Waals surface area contributed by atoms with Gasteiger partial charge in [0.05, 0.1) is 21.7 Å². The van der Waals surface area contributed by atoms with E-state index in [0.717, 1.165) is 35.4 Å². The van der Waals surface area contributed by atoms with Crippen molar-refractivity contribution in [3.05, 3.63) is 88.5 Å². The predicted octanol–water partition coefficient (Wildman–Crippen LogP) is 0.328. The van der Waals surface area contributed by atoms with Crippen LogP contribution in [0, 0.1) is 13.8 Å². The third-order valence-corrected chi connectivity index (χ3v) is 6.84. The van der Waals surface area contributed by atoms with Gasteiger partial charge in [-0.25, -0.2) is 13.3 Å². The number of carbonyl (C=O) groups is 5. The van der Waals surface area contributed by atoms with Crippen molar-refractivity contribution in [2.75, 3.05) is 5.32 Å². The van der Waals surface area contributed by atoms with Crippen molar-refractivity contribution in [3.63, 3.8) is 0 Å². The van der Waals surface area contributed by atoms with Crippen LogP contribution >= 0.6 is 0 Å². The van der Waals surface area contributed by atoms with Crippen LogP contribution in [-0.4, -0.2) is 53.3 Å². The van der Waals surface area contributed by atoms with Crippen molar-refractivity contribution >= 4 is 50.9 Å². The number of azo groups is 1. The second kappa shape index (κ2) is 12.3. The molecule has 12 nitrogen and oxygen atoms in total. The summed E-state index contributed by atoms with van der Waals surface area (Å²) in [6.45, 7) is 4.87. The number of rotatable bonds is 7. The van der Waals surface area contributed by atoms with E-state index >= 15 is 0 Å². The van der Waals surface area contributed by atoms with E-state index in [1.165, 1.54) is 25.1 Å². The molecule has 1 unspecified atom stereocenters. The second-order valence-corrected chi connectivity index (χ2v) is 10.4. The van der Waals surface area contributed by atoms with Crippen LogP contribution in [0.25, 0.3) is 0 Å². The number of anilines is 1. The van der Waals surface area contributed by atoms with Crippen LogP contribution in [0.3, 0.4) is 0 Å². The molecule has 4 amide bonds. The van der Waals surface area contributed by atoms with Crippen LogP contribution in [0.5, 0.6) is 0 Å². The minimum Gasteiger partial charge on any atom is -0.744 e. The molecule has 0 radical (unpaired) electrons. The van der Waals surface area contributed by atoms with Gasteiger partial charge < -0.3 is 9.87 Å². The molecule has 1 heterocycles. The summed E-state index contributed by atoms with van der Waals surface area (Å²) in [5, 5.41) is 10.4. The summed E-state index contributed by atoms with van der Waals surface area (Å²) in [6, 6.07) is 11.6. The number of hydrogen-bond acceptors (Lipinski definition) is 10. The van der Waals surface area contributed by atoms with Gasteiger partial charge in [0.25, 0.3) is 23.6 Å². The number of ketones is 1. The van der Waals surface area contributed by atoms with Crippen molar-refractivity contribution in [3.8, 4) is 0 Å². The Labute approximate surface area is 256 Å². The molecular weight excluding hydrogens is 563 g/mol. The second-order valence-electron chi connectivity index (χ2n) is 9.00. The number of nitrogens with zero attached hydrogens (tertiary/aromatic N) is 3. The number of nitrogens with one attached hydrogen (secondary N) is 1.